The third-order valence-corrected chi connectivity index (χ3v) is 5.22. The fourth-order valence-corrected chi connectivity index (χ4v) is 2.97. The highest BCUT2D eigenvalue weighted by molar-refractivity contribution is 5.87. The van der Waals surface area contributed by atoms with E-state index in [0.717, 1.165) is 22.4 Å². The van der Waals surface area contributed by atoms with Crippen molar-refractivity contribution in [2.24, 2.45) is 11.7 Å². The molecule has 0 bridgehead atoms. The van der Waals surface area contributed by atoms with Gasteiger partial charge in [-0.1, -0.05) is 56.3 Å². The van der Waals surface area contributed by atoms with Gasteiger partial charge in [-0.3, -0.25) is 9.59 Å². The van der Waals surface area contributed by atoms with E-state index < -0.39 is 6.04 Å². The number of nitrogens with two attached hydrogens (primary N) is 1. The molecule has 0 saturated heterocycles. The van der Waals surface area contributed by atoms with E-state index in [9.17, 15) is 9.59 Å². The van der Waals surface area contributed by atoms with Gasteiger partial charge in [-0.2, -0.15) is 0 Å². The smallest absolute Gasteiger partial charge is 0.242 e. The molecular weight excluding hydrogens is 366 g/mol. The highest BCUT2D eigenvalue weighted by Crippen LogP contribution is 2.30. The average Bonchev–Trinajstić information content (AvgIpc) is 2.75. The molecule has 3 N–H and O–H groups in total. The minimum atomic E-state index is -0.618. The van der Waals surface area contributed by atoms with E-state index in [2.05, 4.69) is 5.32 Å². The van der Waals surface area contributed by atoms with Crippen LogP contribution in [0.15, 0.2) is 48.5 Å². The summed E-state index contributed by atoms with van der Waals surface area (Å²) in [6, 6.07) is 15.1. The summed E-state index contributed by atoms with van der Waals surface area (Å²) in [6.45, 7) is 5.63. The predicted molar refractivity (Wildman–Crippen MR) is 115 cm³/mol. The van der Waals surface area contributed by atoms with Crippen LogP contribution in [0.1, 0.15) is 32.4 Å². The van der Waals surface area contributed by atoms with Crippen molar-refractivity contribution < 1.29 is 14.3 Å². The van der Waals surface area contributed by atoms with Crippen molar-refractivity contribution in [2.75, 3.05) is 20.7 Å². The van der Waals surface area contributed by atoms with E-state index in [0.29, 0.717) is 0 Å². The molecule has 0 aliphatic carbocycles. The van der Waals surface area contributed by atoms with E-state index in [1.807, 2.05) is 69.3 Å². The maximum atomic E-state index is 12.5. The number of nitrogens with one attached hydrogen (secondary N) is 1. The van der Waals surface area contributed by atoms with E-state index in [1.54, 1.807) is 19.1 Å². The van der Waals surface area contributed by atoms with Crippen LogP contribution >= 0.6 is 0 Å². The van der Waals surface area contributed by atoms with Gasteiger partial charge in [-0.05, 0) is 30.0 Å². The van der Waals surface area contributed by atoms with Gasteiger partial charge in [-0.15, -0.1) is 0 Å². The molecular formula is C23H31N3O3. The number of nitrogens with zero attached hydrogens (tertiary/aromatic N) is 1. The van der Waals surface area contributed by atoms with E-state index in [-0.39, 0.29) is 30.3 Å². The number of hydrogen-bond donors (Lipinski definition) is 2. The number of para-hydroxylation sites is 1. The molecule has 0 aliphatic heterocycles. The predicted octanol–water partition coefficient (Wildman–Crippen LogP) is 2.98. The summed E-state index contributed by atoms with van der Waals surface area (Å²) in [7, 11) is 3.39. The molecule has 0 fully saturated rings. The normalized spacial score (nSPS) is 12.9. The Morgan fingerprint density at radius 1 is 1.07 bits per heavy atom. The van der Waals surface area contributed by atoms with Crippen molar-refractivity contribution >= 4 is 11.8 Å². The number of hydrogen-bond acceptors (Lipinski definition) is 4. The lowest BCUT2D eigenvalue weighted by atomic mass is 10.00. The number of carbonyl (C=O) groups is 2. The van der Waals surface area contributed by atoms with Crippen LogP contribution in [0.4, 0.5) is 0 Å². The standard InChI is InChI=1S/C23H31N3O3/c1-15(2)22(24)23(28)25-14-21(27)26(4)16(3)17-10-12-18(13-11-17)19-8-6-7-9-20(19)29-5/h6-13,15-16,22H,14,24H2,1-5H3,(H,25,28)/t16?,22-/m0/s1. The summed E-state index contributed by atoms with van der Waals surface area (Å²) in [5.41, 5.74) is 8.87. The number of ether oxygens (including phenoxy) is 1. The SMILES string of the molecule is COc1ccccc1-c1ccc(C(C)N(C)C(=O)CNC(=O)[C@@H](N)C(C)C)cc1. The first kappa shape index (κ1) is 22.4. The monoisotopic (exact) mass is 397 g/mol. The van der Waals surface area contributed by atoms with E-state index >= 15 is 0 Å². The molecule has 1 unspecified atom stereocenters. The molecule has 0 saturated carbocycles. The second-order valence-corrected chi connectivity index (χ2v) is 7.49. The molecule has 6 heteroatoms. The number of carbonyl (C=O) groups excluding carboxylic acids is 2. The highest BCUT2D eigenvalue weighted by atomic mass is 16.5. The Balaban J connectivity index is 2.03. The van der Waals surface area contributed by atoms with Crippen molar-refractivity contribution in [3.8, 4) is 16.9 Å². The summed E-state index contributed by atoms with van der Waals surface area (Å²) >= 11 is 0. The maximum absolute atomic E-state index is 12.5. The summed E-state index contributed by atoms with van der Waals surface area (Å²) in [4.78, 5) is 26.1. The zero-order chi connectivity index (χ0) is 21.6. The second-order valence-electron chi connectivity index (χ2n) is 7.49. The Morgan fingerprint density at radius 2 is 1.69 bits per heavy atom. The fraction of sp³-hybridized carbons (Fsp3) is 0.391. The minimum absolute atomic E-state index is 0.0171. The minimum Gasteiger partial charge on any atom is -0.496 e. The van der Waals surface area contributed by atoms with Crippen LogP contribution in [0.3, 0.4) is 0 Å². The molecule has 0 aromatic heterocycles. The van der Waals surface area contributed by atoms with Gasteiger partial charge in [0.1, 0.15) is 5.75 Å². The van der Waals surface area contributed by atoms with Crippen LogP contribution in [0, 0.1) is 5.92 Å². The molecule has 156 valence electrons. The molecule has 2 amide bonds. The lowest BCUT2D eigenvalue weighted by molar-refractivity contribution is -0.133. The second kappa shape index (κ2) is 10.1. The number of likely N-dealkylation sites (N-methyl/N-ethyl adjacent to an activating group) is 1. The number of amides is 2. The number of benzene rings is 2. The van der Waals surface area contributed by atoms with Crippen LogP contribution in [0.25, 0.3) is 11.1 Å². The first-order chi connectivity index (χ1) is 13.8. The van der Waals surface area contributed by atoms with Crippen LogP contribution in [0.5, 0.6) is 5.75 Å². The van der Waals surface area contributed by atoms with Gasteiger partial charge in [0.2, 0.25) is 11.8 Å². The number of methoxy groups -OCH3 is 1. The van der Waals surface area contributed by atoms with Gasteiger partial charge >= 0.3 is 0 Å². The van der Waals surface area contributed by atoms with Gasteiger partial charge in [0.05, 0.1) is 25.7 Å². The quantitative estimate of drug-likeness (QED) is 0.717. The summed E-state index contributed by atoms with van der Waals surface area (Å²) < 4.78 is 5.43. The van der Waals surface area contributed by atoms with Gasteiger partial charge in [0.25, 0.3) is 0 Å². The molecule has 0 radical (unpaired) electrons. The van der Waals surface area contributed by atoms with Crippen LogP contribution in [-0.2, 0) is 9.59 Å². The zero-order valence-corrected chi connectivity index (χ0v) is 17.8. The largest absolute Gasteiger partial charge is 0.496 e. The molecule has 0 spiro atoms. The van der Waals surface area contributed by atoms with Gasteiger partial charge in [0.15, 0.2) is 0 Å². The maximum Gasteiger partial charge on any atom is 0.242 e. The Morgan fingerprint density at radius 3 is 2.28 bits per heavy atom. The Kier molecular flexibility index (Phi) is 7.79. The first-order valence-electron chi connectivity index (χ1n) is 9.78. The third-order valence-electron chi connectivity index (χ3n) is 5.22. The fourth-order valence-electron chi connectivity index (χ4n) is 2.97. The van der Waals surface area contributed by atoms with Crippen LogP contribution in [0.2, 0.25) is 0 Å². The van der Waals surface area contributed by atoms with Gasteiger partial charge in [-0.25, -0.2) is 0 Å². The zero-order valence-electron chi connectivity index (χ0n) is 17.8. The van der Waals surface area contributed by atoms with Crippen molar-refractivity contribution in [2.45, 2.75) is 32.9 Å². The van der Waals surface area contributed by atoms with Gasteiger partial charge < -0.3 is 20.7 Å². The van der Waals surface area contributed by atoms with Crippen molar-refractivity contribution in [3.05, 3.63) is 54.1 Å². The summed E-state index contributed by atoms with van der Waals surface area (Å²) in [5, 5.41) is 2.63. The summed E-state index contributed by atoms with van der Waals surface area (Å²) in [6.07, 6.45) is 0. The first-order valence-corrected chi connectivity index (χ1v) is 9.78. The van der Waals surface area contributed by atoms with Crippen molar-refractivity contribution in [1.29, 1.82) is 0 Å². The van der Waals surface area contributed by atoms with E-state index in [1.165, 1.54) is 0 Å². The Bertz CT molecular complexity index is 834. The molecule has 0 heterocycles. The Hall–Kier alpha value is -2.86. The van der Waals surface area contributed by atoms with Gasteiger partial charge in [0, 0.05) is 12.6 Å². The molecule has 2 aromatic rings. The average molecular weight is 398 g/mol. The van der Waals surface area contributed by atoms with E-state index in [4.69, 9.17) is 10.5 Å². The third kappa shape index (κ3) is 5.57. The topological polar surface area (TPSA) is 84.7 Å². The van der Waals surface area contributed by atoms with Crippen molar-refractivity contribution in [1.82, 2.24) is 10.2 Å². The summed E-state index contributed by atoms with van der Waals surface area (Å²) in [5.74, 6) is 0.352. The lowest BCUT2D eigenvalue weighted by Crippen LogP contribution is -2.47. The van der Waals surface area contributed by atoms with Crippen molar-refractivity contribution in [3.63, 3.8) is 0 Å². The van der Waals surface area contributed by atoms with Crippen LogP contribution < -0.4 is 15.8 Å². The number of rotatable bonds is 8. The molecule has 0 aliphatic rings. The molecule has 6 nitrogen and oxygen atoms in total. The lowest BCUT2D eigenvalue weighted by Gasteiger charge is -2.26. The molecule has 2 aromatic carbocycles. The van der Waals surface area contributed by atoms with Crippen LogP contribution in [-0.4, -0.2) is 43.5 Å². The molecule has 2 rings (SSSR count). The molecule has 29 heavy (non-hydrogen) atoms. The highest BCUT2D eigenvalue weighted by Gasteiger charge is 2.21. The molecule has 2 atom stereocenters. The Labute approximate surface area is 173 Å².